The average molecular weight is 755 g/mol. The number of rotatable bonds is 0. The predicted octanol–water partition coefficient (Wildman–Crippen LogP) is 16.4. The van der Waals surface area contributed by atoms with Crippen molar-refractivity contribution < 1.29 is 5.71 Å². The largest absolute Gasteiger partial charge is 0.120 e. The third-order valence-electron chi connectivity index (χ3n) is 0.500. The van der Waals surface area contributed by atoms with Crippen LogP contribution < -0.4 is 0 Å². The van der Waals surface area contributed by atoms with Crippen LogP contribution in [-0.2, 0) is 0 Å². The summed E-state index contributed by atoms with van der Waals surface area (Å²) in [5.74, 6) is 15.2. The van der Waals surface area contributed by atoms with Gasteiger partial charge in [0.2, 0.25) is 0 Å². The summed E-state index contributed by atoms with van der Waals surface area (Å²) in [5, 5.41) is 0. The molecule has 0 unspecified atom stereocenters. The van der Waals surface area contributed by atoms with Crippen molar-refractivity contribution in [1.82, 2.24) is 0 Å². The van der Waals surface area contributed by atoms with E-state index in [1.165, 1.54) is 0 Å². The van der Waals surface area contributed by atoms with Gasteiger partial charge in [-0.1, -0.05) is 138 Å². The Labute approximate surface area is 269 Å². The van der Waals surface area contributed by atoms with E-state index in [2.05, 4.69) is 85.6 Å². The molecule has 0 heterocycles. The van der Waals surface area contributed by atoms with Crippen LogP contribution in [0.25, 0.3) is 0 Å². The van der Waals surface area contributed by atoms with Crippen molar-refractivity contribution in [2.75, 3.05) is 0 Å². The number of terminal acetylenes is 2. The molecule has 0 N–H and O–H groups in total. The Morgan fingerprint density at radius 3 is 0.333 bits per heavy atom. The van der Waals surface area contributed by atoms with Gasteiger partial charge in [-0.25, -0.2) is 0 Å². The Morgan fingerprint density at radius 2 is 0.333 bits per heavy atom. The minimum Gasteiger partial charge on any atom is -0.120 e. The van der Waals surface area contributed by atoms with E-state index in [1.807, 2.05) is 166 Å². The number of halogens is 2. The van der Waals surface area contributed by atoms with Gasteiger partial charge in [0.1, 0.15) is 0 Å². The minimum atomic E-state index is 0. The van der Waals surface area contributed by atoms with Crippen LogP contribution >= 0.6 is 37.2 Å². The molecule has 0 nitrogen and oxygen atoms in total. The van der Waals surface area contributed by atoms with E-state index in [0.717, 1.165) is 0 Å². The van der Waals surface area contributed by atoms with Gasteiger partial charge in [0, 0.05) is 42.9 Å². The molecule has 0 aliphatic heterocycles. The maximum absolute atomic E-state index is 4.60. The van der Waals surface area contributed by atoms with Gasteiger partial charge in [-0.3, -0.25) is 0 Å². The first-order valence-corrected chi connectivity index (χ1v) is 20.5. The Morgan fingerprint density at radius 1 is 0.306 bits per heavy atom. The van der Waals surface area contributed by atoms with Crippen LogP contribution in [-0.4, -0.2) is 0 Å². The fourth-order valence-electron chi connectivity index (χ4n) is 0. The molecule has 0 amide bonds. The Bertz CT molecular complexity index is 235. The molecule has 0 atom stereocenters. The molecule has 0 saturated carbocycles. The van der Waals surface area contributed by atoms with E-state index < -0.39 is 0 Å². The summed E-state index contributed by atoms with van der Waals surface area (Å²) in [6, 6.07) is 0. The molecular weight excluding hydrogens is 662 g/mol. The van der Waals surface area contributed by atoms with E-state index in [0.29, 0.717) is 0 Å². The minimum absolute atomic E-state index is 0. The van der Waals surface area contributed by atoms with Gasteiger partial charge in [-0.15, -0.1) is 48.4 Å². The number of hydrogen-bond acceptors (Lipinski definition) is 0. The van der Waals surface area contributed by atoms with Crippen molar-refractivity contribution in [3.8, 4) is 48.4 Å². The molecule has 0 aliphatic carbocycles. The molecule has 0 radical (unpaired) electrons. The average Bonchev–Trinajstić information content (AvgIpc) is 3.05. The predicted molar refractivity (Wildman–Crippen MR) is 217 cm³/mol. The standard InChI is InChI=1S/2C4H6.2C3H4.10C2H6.I2.4H2/c2*1-3-4-2;2*1-3-2;11*1-2;;;;/h2*1-2H3;2*1H,2H3;10*1-2H3;;4*1H/i;;;;;;;;;;;;;;;4*1+1. The van der Waals surface area contributed by atoms with Crippen molar-refractivity contribution in [2.24, 2.45) is 0 Å². The van der Waals surface area contributed by atoms with E-state index in [-0.39, 0.29) is 5.71 Å². The van der Waals surface area contributed by atoms with Gasteiger partial charge in [0.25, 0.3) is 0 Å². The molecule has 0 aromatic rings. The van der Waals surface area contributed by atoms with Crippen LogP contribution in [0, 0.1) is 48.4 Å². The van der Waals surface area contributed by atoms with Gasteiger partial charge >= 0.3 is 0 Å². The maximum atomic E-state index is 4.60. The quantitative estimate of drug-likeness (QED) is 0.171. The molecule has 0 fully saturated rings. The Hall–Kier alpha value is -0.300. The van der Waals surface area contributed by atoms with Crippen LogP contribution in [0.3, 0.4) is 0 Å². The van der Waals surface area contributed by atoms with E-state index in [4.69, 9.17) is 0 Å². The van der Waals surface area contributed by atoms with Crippen LogP contribution in [0.15, 0.2) is 0 Å². The Balaban J connectivity index is -0.00000000697. The summed E-state index contributed by atoms with van der Waals surface area (Å²) in [5.41, 5.74) is 0. The SMILES string of the molecule is C#CC.C#CC.CC.CC.CC.CC.CC.CC.CC.CC.CC.CC.CC#CC.CC#CC.II.[2HH].[2HH].[2HH].[2HH]. The molecular formula is C34H88I2. The summed E-state index contributed by atoms with van der Waals surface area (Å²) in [4.78, 5) is 0. The van der Waals surface area contributed by atoms with E-state index in [9.17, 15) is 0 Å². The third-order valence-corrected chi connectivity index (χ3v) is 0.500. The summed E-state index contributed by atoms with van der Waals surface area (Å²) in [7, 11) is 0. The molecule has 0 saturated heterocycles. The van der Waals surface area contributed by atoms with Crippen molar-refractivity contribution >= 4 is 37.2 Å². The summed E-state index contributed by atoms with van der Waals surface area (Å²) in [6.45, 7) is 50.6. The first kappa shape index (κ1) is 100. The van der Waals surface area contributed by atoms with Gasteiger partial charge in [-0.05, 0) is 41.5 Å². The topological polar surface area (TPSA) is 0 Å². The monoisotopic (exact) mass is 755 g/mol. The van der Waals surface area contributed by atoms with Gasteiger partial charge in [0.15, 0.2) is 0 Å². The summed E-state index contributed by atoms with van der Waals surface area (Å²) >= 11 is 4.24. The summed E-state index contributed by atoms with van der Waals surface area (Å²) < 4.78 is 0. The van der Waals surface area contributed by atoms with Gasteiger partial charge < -0.3 is 0 Å². The molecule has 238 valence electrons. The van der Waals surface area contributed by atoms with Crippen LogP contribution in [0.5, 0.6) is 0 Å². The van der Waals surface area contributed by atoms with Crippen LogP contribution in [0.4, 0.5) is 0 Å². The van der Waals surface area contributed by atoms with Gasteiger partial charge in [0.05, 0.1) is 0 Å². The lowest BCUT2D eigenvalue weighted by molar-refractivity contribution is 1.50. The smallest absolute Gasteiger partial charge is 0 e. The molecule has 0 rings (SSSR count). The molecule has 36 heavy (non-hydrogen) atoms. The Kier molecular flexibility index (Phi) is 3380. The van der Waals surface area contributed by atoms with Gasteiger partial charge in [-0.2, -0.15) is 0 Å². The second-order valence-corrected chi connectivity index (χ2v) is 1.58. The third kappa shape index (κ3) is 12500. The molecule has 0 aromatic heterocycles. The fraction of sp³-hybridized carbons (Fsp3) is 0.765. The highest BCUT2D eigenvalue weighted by atomic mass is 128. The lowest BCUT2D eigenvalue weighted by Crippen LogP contribution is -1.28. The first-order valence-electron chi connectivity index (χ1n) is 14.2. The lowest BCUT2D eigenvalue weighted by Gasteiger charge is -1.40. The second-order valence-electron chi connectivity index (χ2n) is 1.58. The van der Waals surface area contributed by atoms with Crippen molar-refractivity contribution in [3.63, 3.8) is 0 Å². The molecule has 0 aliphatic rings. The van der Waals surface area contributed by atoms with Crippen molar-refractivity contribution in [3.05, 3.63) is 0 Å². The van der Waals surface area contributed by atoms with E-state index >= 15 is 0 Å². The van der Waals surface area contributed by atoms with Crippen molar-refractivity contribution in [1.29, 1.82) is 0 Å². The highest BCUT2D eigenvalue weighted by Gasteiger charge is 1.27. The van der Waals surface area contributed by atoms with Crippen LogP contribution in [0.1, 0.15) is 186 Å². The molecule has 2 heteroatoms. The molecule has 0 bridgehead atoms. The van der Waals surface area contributed by atoms with Crippen molar-refractivity contribution in [2.45, 2.75) is 180 Å². The number of hydrogen-bond donors (Lipinski definition) is 0. The van der Waals surface area contributed by atoms with Crippen LogP contribution in [0.2, 0.25) is 0 Å². The maximum Gasteiger partial charge on any atom is 0 e. The fourth-order valence-corrected chi connectivity index (χ4v) is 0. The molecule has 0 aromatic carbocycles. The lowest BCUT2D eigenvalue weighted by atomic mass is 10.7. The highest BCUT2D eigenvalue weighted by molar-refractivity contribution is 15.0. The zero-order valence-corrected chi connectivity index (χ0v) is 35.2. The first-order chi connectivity index (χ1) is 17.7. The summed E-state index contributed by atoms with van der Waals surface area (Å²) in [6.07, 6.45) is 9.19. The molecule has 0 spiro atoms. The highest BCUT2D eigenvalue weighted by Crippen LogP contribution is 1.89. The zero-order chi connectivity index (χ0) is 34.2. The normalized spacial score (nSPS) is 3.06. The van der Waals surface area contributed by atoms with E-state index in [1.54, 1.807) is 13.8 Å². The zero-order valence-electron chi connectivity index (χ0n) is 30.9. The second kappa shape index (κ2) is 1210.